The second-order valence-corrected chi connectivity index (χ2v) is 6.98. The molecular weight excluding hydrogens is 443 g/mol. The molecule has 1 aliphatic rings. The summed E-state index contributed by atoms with van der Waals surface area (Å²) >= 11 is 0. The van der Waals surface area contributed by atoms with Gasteiger partial charge in [-0.15, -0.1) is 0 Å². The summed E-state index contributed by atoms with van der Waals surface area (Å²) in [6, 6.07) is 11.1. The van der Waals surface area contributed by atoms with Crippen molar-refractivity contribution >= 4 is 5.69 Å². The Balaban J connectivity index is 1.61. The number of benzene rings is 3. The van der Waals surface area contributed by atoms with Crippen molar-refractivity contribution in [1.82, 2.24) is 0 Å². The quantitative estimate of drug-likeness (QED) is 0.348. The minimum absolute atomic E-state index is 0.0230. The smallest absolute Gasteiger partial charge is 0.461 e. The fourth-order valence-electron chi connectivity index (χ4n) is 3.32. The van der Waals surface area contributed by atoms with Crippen LogP contribution in [0, 0.1) is 17.5 Å². The van der Waals surface area contributed by atoms with E-state index in [9.17, 15) is 30.7 Å². The summed E-state index contributed by atoms with van der Waals surface area (Å²) in [6.07, 6.45) is -8.63. The van der Waals surface area contributed by atoms with Gasteiger partial charge in [0.1, 0.15) is 18.1 Å². The van der Waals surface area contributed by atoms with E-state index in [0.717, 1.165) is 18.2 Å². The molecule has 0 saturated heterocycles. The van der Waals surface area contributed by atoms with Crippen molar-refractivity contribution in [3.63, 3.8) is 0 Å². The molecule has 1 aliphatic heterocycles. The highest BCUT2D eigenvalue weighted by Crippen LogP contribution is 2.42. The van der Waals surface area contributed by atoms with Gasteiger partial charge in [0.2, 0.25) is 0 Å². The van der Waals surface area contributed by atoms with Crippen LogP contribution in [0.25, 0.3) is 11.1 Å². The van der Waals surface area contributed by atoms with Gasteiger partial charge in [0.15, 0.2) is 17.5 Å². The highest BCUT2D eigenvalue weighted by molar-refractivity contribution is 5.79. The molecule has 0 spiro atoms. The molecule has 32 heavy (non-hydrogen) atoms. The van der Waals surface area contributed by atoms with E-state index in [2.05, 4.69) is 10.1 Å². The Bertz CT molecular complexity index is 1130. The molecule has 0 bridgehead atoms. The molecule has 0 amide bonds. The van der Waals surface area contributed by atoms with Crippen molar-refractivity contribution in [2.24, 2.45) is 0 Å². The highest BCUT2D eigenvalue weighted by atomic mass is 19.3. The van der Waals surface area contributed by atoms with Crippen molar-refractivity contribution in [2.75, 3.05) is 11.9 Å². The van der Waals surface area contributed by atoms with Crippen LogP contribution < -0.4 is 14.8 Å². The van der Waals surface area contributed by atoms with Gasteiger partial charge >= 0.3 is 12.5 Å². The molecule has 3 nitrogen and oxygen atoms in total. The van der Waals surface area contributed by atoms with Crippen LogP contribution in [0.3, 0.4) is 0 Å². The third-order valence-electron chi connectivity index (χ3n) is 4.80. The van der Waals surface area contributed by atoms with Crippen molar-refractivity contribution in [2.45, 2.75) is 18.6 Å². The molecule has 1 heterocycles. The molecule has 0 fully saturated rings. The van der Waals surface area contributed by atoms with Gasteiger partial charge in [0.05, 0.1) is 11.7 Å². The lowest BCUT2D eigenvalue weighted by Gasteiger charge is -2.29. The first-order valence-corrected chi connectivity index (χ1v) is 9.28. The van der Waals surface area contributed by atoms with E-state index < -0.39 is 41.8 Å². The third-order valence-corrected chi connectivity index (χ3v) is 4.80. The molecule has 1 N–H and O–H groups in total. The minimum atomic E-state index is -4.64. The SMILES string of the molecule is Fc1cc(-c2cccc3c2OCC(c2cccc(OC(F)(F)C(F)F)c2)N3)cc(F)c1F. The topological polar surface area (TPSA) is 30.5 Å². The molecule has 4 rings (SSSR count). The van der Waals surface area contributed by atoms with Crippen molar-refractivity contribution in [3.05, 3.63) is 77.6 Å². The largest absolute Gasteiger partial charge is 0.488 e. The molecule has 3 aromatic rings. The van der Waals surface area contributed by atoms with Crippen LogP contribution in [0.15, 0.2) is 54.6 Å². The number of alkyl halides is 4. The molecular formula is C22H14F7NO2. The molecule has 1 atom stereocenters. The zero-order valence-corrected chi connectivity index (χ0v) is 16.0. The predicted octanol–water partition coefficient (Wildman–Crippen LogP) is 6.55. The Labute approximate surface area is 177 Å². The second-order valence-electron chi connectivity index (χ2n) is 6.98. The summed E-state index contributed by atoms with van der Waals surface area (Å²) in [5.74, 6) is -4.48. The molecule has 0 aromatic heterocycles. The zero-order valence-electron chi connectivity index (χ0n) is 16.0. The Hall–Kier alpha value is -3.43. The van der Waals surface area contributed by atoms with Crippen molar-refractivity contribution in [1.29, 1.82) is 0 Å². The molecule has 0 radical (unpaired) electrons. The summed E-state index contributed by atoms with van der Waals surface area (Å²) in [5, 5.41) is 3.10. The molecule has 0 saturated carbocycles. The number of halogens is 7. The highest BCUT2D eigenvalue weighted by Gasteiger charge is 2.44. The standard InChI is InChI=1S/C22H14F7NO2/c23-15-8-12(9-16(24)19(15)25)14-5-2-6-17-20(14)31-10-18(30-17)11-3-1-4-13(7-11)32-22(28,29)21(26)27/h1-9,18,21,30H,10H2. The summed E-state index contributed by atoms with van der Waals surface area (Å²) in [6.45, 7) is -0.0230. The Morgan fingerprint density at radius 3 is 2.34 bits per heavy atom. The van der Waals surface area contributed by atoms with E-state index in [0.29, 0.717) is 16.8 Å². The Morgan fingerprint density at radius 2 is 1.66 bits per heavy atom. The first kappa shape index (κ1) is 21.8. The summed E-state index contributed by atoms with van der Waals surface area (Å²) in [7, 11) is 0. The number of nitrogens with one attached hydrogen (secondary N) is 1. The van der Waals surface area contributed by atoms with E-state index in [1.54, 1.807) is 18.2 Å². The van der Waals surface area contributed by atoms with E-state index >= 15 is 0 Å². The number of para-hydroxylation sites is 1. The zero-order chi connectivity index (χ0) is 23.0. The number of ether oxygens (including phenoxy) is 2. The van der Waals surface area contributed by atoms with Crippen LogP contribution in [0.5, 0.6) is 11.5 Å². The molecule has 3 aromatic carbocycles. The van der Waals surface area contributed by atoms with Crippen LogP contribution in [-0.4, -0.2) is 19.1 Å². The summed E-state index contributed by atoms with van der Waals surface area (Å²) < 4.78 is 102. The monoisotopic (exact) mass is 457 g/mol. The fraction of sp³-hybridized carbons (Fsp3) is 0.182. The maximum absolute atomic E-state index is 13.7. The Kier molecular flexibility index (Phi) is 5.62. The van der Waals surface area contributed by atoms with Crippen molar-refractivity contribution in [3.8, 4) is 22.6 Å². The number of fused-ring (bicyclic) bond motifs is 1. The molecule has 10 heteroatoms. The van der Waals surface area contributed by atoms with E-state index in [-0.39, 0.29) is 17.9 Å². The molecule has 168 valence electrons. The number of hydrogen-bond donors (Lipinski definition) is 1. The van der Waals surface area contributed by atoms with Gasteiger partial charge in [-0.1, -0.05) is 24.3 Å². The first-order valence-electron chi connectivity index (χ1n) is 9.28. The predicted molar refractivity (Wildman–Crippen MR) is 102 cm³/mol. The van der Waals surface area contributed by atoms with E-state index in [4.69, 9.17) is 4.74 Å². The first-order chi connectivity index (χ1) is 15.2. The number of hydrogen-bond acceptors (Lipinski definition) is 3. The maximum Gasteiger partial charge on any atom is 0.461 e. The maximum atomic E-state index is 13.7. The molecule has 0 aliphatic carbocycles. The van der Waals surface area contributed by atoms with Crippen LogP contribution in [-0.2, 0) is 0 Å². The number of anilines is 1. The van der Waals surface area contributed by atoms with E-state index in [1.165, 1.54) is 18.2 Å². The van der Waals surface area contributed by atoms with Gasteiger partial charge in [-0.2, -0.15) is 17.6 Å². The van der Waals surface area contributed by atoms with E-state index in [1.807, 2.05) is 0 Å². The summed E-state index contributed by atoms with van der Waals surface area (Å²) in [4.78, 5) is 0. The van der Waals surface area contributed by atoms with Gasteiger partial charge in [-0.3, -0.25) is 0 Å². The van der Waals surface area contributed by atoms with Gasteiger partial charge in [-0.05, 0) is 41.5 Å². The average Bonchev–Trinajstić information content (AvgIpc) is 2.76. The second kappa shape index (κ2) is 8.25. The fourth-order valence-corrected chi connectivity index (χ4v) is 3.32. The van der Waals surface area contributed by atoms with Crippen molar-refractivity contribution < 1.29 is 40.2 Å². The lowest BCUT2D eigenvalue weighted by molar-refractivity contribution is -0.253. The van der Waals surface area contributed by atoms with Crippen LogP contribution in [0.2, 0.25) is 0 Å². The van der Waals surface area contributed by atoms with Crippen LogP contribution >= 0.6 is 0 Å². The average molecular weight is 457 g/mol. The Morgan fingerprint density at radius 1 is 0.969 bits per heavy atom. The number of rotatable bonds is 5. The lowest BCUT2D eigenvalue weighted by Crippen LogP contribution is -2.33. The van der Waals surface area contributed by atoms with Gasteiger partial charge in [0.25, 0.3) is 0 Å². The lowest BCUT2D eigenvalue weighted by atomic mass is 10.00. The van der Waals surface area contributed by atoms with Gasteiger partial charge in [-0.25, -0.2) is 13.2 Å². The summed E-state index contributed by atoms with van der Waals surface area (Å²) in [5.41, 5.74) is 1.21. The minimum Gasteiger partial charge on any atom is -0.488 e. The normalized spacial score (nSPS) is 15.7. The van der Waals surface area contributed by atoms with Gasteiger partial charge in [0, 0.05) is 5.56 Å². The van der Waals surface area contributed by atoms with Gasteiger partial charge < -0.3 is 14.8 Å². The third kappa shape index (κ3) is 4.17. The van der Waals surface area contributed by atoms with Crippen LogP contribution in [0.4, 0.5) is 36.4 Å². The molecule has 1 unspecified atom stereocenters. The van der Waals surface area contributed by atoms with Crippen LogP contribution in [0.1, 0.15) is 11.6 Å².